The first-order valence-electron chi connectivity index (χ1n) is 8.00. The van der Waals surface area contributed by atoms with Gasteiger partial charge >= 0.3 is 6.36 Å². The van der Waals surface area contributed by atoms with Gasteiger partial charge in [-0.1, -0.05) is 0 Å². The second-order valence-electron chi connectivity index (χ2n) is 6.02. The summed E-state index contributed by atoms with van der Waals surface area (Å²) in [4.78, 5) is 28.3. The molecule has 1 aromatic carbocycles. The van der Waals surface area contributed by atoms with Crippen LogP contribution in [0.15, 0.2) is 24.3 Å². The van der Waals surface area contributed by atoms with Crippen LogP contribution in [0.4, 0.5) is 13.2 Å². The Morgan fingerprint density at radius 2 is 1.88 bits per heavy atom. The SMILES string of the molecule is O=C1NCCN2CCCN(C(=O)c3ccc(OC(F)(F)F)cc3)CC12. The van der Waals surface area contributed by atoms with Crippen LogP contribution in [-0.4, -0.2) is 66.7 Å². The Morgan fingerprint density at radius 3 is 2.56 bits per heavy atom. The Hall–Kier alpha value is -2.29. The van der Waals surface area contributed by atoms with Crippen molar-refractivity contribution in [2.24, 2.45) is 0 Å². The molecule has 2 fully saturated rings. The van der Waals surface area contributed by atoms with Gasteiger partial charge in [-0.25, -0.2) is 0 Å². The quantitative estimate of drug-likeness (QED) is 0.865. The third-order valence-electron chi connectivity index (χ3n) is 4.33. The summed E-state index contributed by atoms with van der Waals surface area (Å²) in [5.74, 6) is -0.781. The summed E-state index contributed by atoms with van der Waals surface area (Å²) in [5, 5.41) is 2.80. The molecule has 0 spiro atoms. The third-order valence-corrected chi connectivity index (χ3v) is 4.33. The first-order valence-corrected chi connectivity index (χ1v) is 8.00. The zero-order valence-corrected chi connectivity index (χ0v) is 13.4. The van der Waals surface area contributed by atoms with Gasteiger partial charge in [-0.2, -0.15) is 0 Å². The molecule has 2 heterocycles. The number of carbonyl (C=O) groups excluding carboxylic acids is 2. The number of rotatable bonds is 2. The second-order valence-corrected chi connectivity index (χ2v) is 6.02. The molecule has 1 N–H and O–H groups in total. The second kappa shape index (κ2) is 6.91. The minimum Gasteiger partial charge on any atom is -0.406 e. The monoisotopic (exact) mass is 357 g/mol. The van der Waals surface area contributed by atoms with E-state index in [4.69, 9.17) is 0 Å². The highest BCUT2D eigenvalue weighted by Gasteiger charge is 2.35. The number of carbonyl (C=O) groups is 2. The van der Waals surface area contributed by atoms with Crippen molar-refractivity contribution < 1.29 is 27.5 Å². The molecular weight excluding hydrogens is 339 g/mol. The average molecular weight is 357 g/mol. The highest BCUT2D eigenvalue weighted by Crippen LogP contribution is 2.23. The van der Waals surface area contributed by atoms with Gasteiger partial charge in [0.05, 0.1) is 0 Å². The van der Waals surface area contributed by atoms with Crippen LogP contribution in [0.3, 0.4) is 0 Å². The lowest BCUT2D eigenvalue weighted by atomic mass is 10.1. The summed E-state index contributed by atoms with van der Waals surface area (Å²) in [7, 11) is 0. The highest BCUT2D eigenvalue weighted by molar-refractivity contribution is 5.95. The van der Waals surface area contributed by atoms with E-state index in [0.29, 0.717) is 13.1 Å². The number of halogens is 3. The number of nitrogens with zero attached hydrogens (tertiary/aromatic N) is 2. The van der Waals surface area contributed by atoms with Crippen molar-refractivity contribution in [1.82, 2.24) is 15.1 Å². The van der Waals surface area contributed by atoms with Crippen molar-refractivity contribution >= 4 is 11.8 Å². The molecule has 1 unspecified atom stereocenters. The Morgan fingerprint density at radius 1 is 1.16 bits per heavy atom. The van der Waals surface area contributed by atoms with E-state index in [2.05, 4.69) is 15.0 Å². The molecule has 6 nitrogen and oxygen atoms in total. The number of amides is 2. The van der Waals surface area contributed by atoms with E-state index >= 15 is 0 Å². The fourth-order valence-corrected chi connectivity index (χ4v) is 3.16. The molecule has 0 bridgehead atoms. The maximum absolute atomic E-state index is 12.6. The van der Waals surface area contributed by atoms with Gasteiger partial charge < -0.3 is 15.0 Å². The Bertz CT molecular complexity index is 648. The topological polar surface area (TPSA) is 61.9 Å². The van der Waals surface area contributed by atoms with Crippen LogP contribution in [0.5, 0.6) is 5.75 Å². The van der Waals surface area contributed by atoms with Crippen molar-refractivity contribution in [2.75, 3.05) is 32.7 Å². The molecule has 9 heteroatoms. The van der Waals surface area contributed by atoms with Crippen molar-refractivity contribution in [3.05, 3.63) is 29.8 Å². The minimum atomic E-state index is -4.77. The number of alkyl halides is 3. The summed E-state index contributed by atoms with van der Waals surface area (Å²) in [6.45, 7) is 2.86. The maximum atomic E-state index is 12.6. The van der Waals surface area contributed by atoms with Gasteiger partial charge in [0.1, 0.15) is 11.8 Å². The van der Waals surface area contributed by atoms with E-state index in [1.807, 2.05) is 0 Å². The van der Waals surface area contributed by atoms with Crippen LogP contribution < -0.4 is 10.1 Å². The highest BCUT2D eigenvalue weighted by atomic mass is 19.4. The van der Waals surface area contributed by atoms with Gasteiger partial charge in [-0.05, 0) is 30.7 Å². The smallest absolute Gasteiger partial charge is 0.406 e. The van der Waals surface area contributed by atoms with Crippen LogP contribution in [0, 0.1) is 0 Å². The molecule has 2 aliphatic rings. The summed E-state index contributed by atoms with van der Waals surface area (Å²) < 4.78 is 40.4. The Balaban J connectivity index is 1.70. The lowest BCUT2D eigenvalue weighted by Gasteiger charge is -2.34. The van der Waals surface area contributed by atoms with Crippen molar-refractivity contribution in [3.63, 3.8) is 0 Å². The zero-order chi connectivity index (χ0) is 18.0. The Labute approximate surface area is 142 Å². The third kappa shape index (κ3) is 4.22. The maximum Gasteiger partial charge on any atom is 0.573 e. The summed E-state index contributed by atoms with van der Waals surface area (Å²) in [5.41, 5.74) is 0.263. The predicted molar refractivity (Wildman–Crippen MR) is 82.0 cm³/mol. The first-order chi connectivity index (χ1) is 11.8. The lowest BCUT2D eigenvalue weighted by molar-refractivity contribution is -0.274. The van der Waals surface area contributed by atoms with Crippen LogP contribution in [0.25, 0.3) is 0 Å². The predicted octanol–water partition coefficient (Wildman–Crippen LogP) is 1.23. The minimum absolute atomic E-state index is 0.0973. The molecule has 0 saturated carbocycles. The number of nitrogens with one attached hydrogen (secondary N) is 1. The van der Waals surface area contributed by atoms with Gasteiger partial charge in [0.15, 0.2) is 0 Å². The zero-order valence-electron chi connectivity index (χ0n) is 13.4. The van der Waals surface area contributed by atoms with E-state index < -0.39 is 6.36 Å². The number of piperazine rings is 1. The molecule has 1 aromatic rings. The molecule has 2 aliphatic heterocycles. The molecule has 1 atom stereocenters. The van der Waals surface area contributed by atoms with Crippen LogP contribution in [0.2, 0.25) is 0 Å². The van der Waals surface area contributed by atoms with Gasteiger partial charge in [0, 0.05) is 38.3 Å². The number of ether oxygens (including phenoxy) is 1. The summed E-state index contributed by atoms with van der Waals surface area (Å²) >= 11 is 0. The van der Waals surface area contributed by atoms with Crippen LogP contribution >= 0.6 is 0 Å². The molecule has 0 aromatic heterocycles. The van der Waals surface area contributed by atoms with E-state index in [1.54, 1.807) is 4.90 Å². The van der Waals surface area contributed by atoms with E-state index in [9.17, 15) is 22.8 Å². The van der Waals surface area contributed by atoms with Gasteiger partial charge in [-0.3, -0.25) is 14.5 Å². The number of hydrogen-bond acceptors (Lipinski definition) is 4. The molecule has 25 heavy (non-hydrogen) atoms. The largest absolute Gasteiger partial charge is 0.573 e. The van der Waals surface area contributed by atoms with Crippen molar-refractivity contribution in [3.8, 4) is 5.75 Å². The fourth-order valence-electron chi connectivity index (χ4n) is 3.16. The molecule has 0 aliphatic carbocycles. The lowest BCUT2D eigenvalue weighted by Crippen LogP contribution is -2.58. The van der Waals surface area contributed by atoms with Crippen LogP contribution in [-0.2, 0) is 4.79 Å². The van der Waals surface area contributed by atoms with Crippen LogP contribution in [0.1, 0.15) is 16.8 Å². The number of hydrogen-bond donors (Lipinski definition) is 1. The van der Waals surface area contributed by atoms with E-state index in [0.717, 1.165) is 31.6 Å². The summed E-state index contributed by atoms with van der Waals surface area (Å²) in [6.07, 6.45) is -4.03. The van der Waals surface area contributed by atoms with E-state index in [-0.39, 0.29) is 35.7 Å². The summed E-state index contributed by atoms with van der Waals surface area (Å²) in [6, 6.07) is 4.43. The molecule has 136 valence electrons. The molecular formula is C16H18F3N3O3. The van der Waals surface area contributed by atoms with Gasteiger partial charge in [0.25, 0.3) is 5.91 Å². The molecule has 3 rings (SSSR count). The molecule has 2 saturated heterocycles. The van der Waals surface area contributed by atoms with E-state index in [1.165, 1.54) is 12.1 Å². The number of fused-ring (bicyclic) bond motifs is 1. The number of benzene rings is 1. The van der Waals surface area contributed by atoms with Crippen molar-refractivity contribution in [2.45, 2.75) is 18.8 Å². The van der Waals surface area contributed by atoms with Gasteiger partial charge in [0.2, 0.25) is 5.91 Å². The standard InChI is InChI=1S/C16H18F3N3O3/c17-16(18,19)25-12-4-2-11(3-5-12)15(24)22-8-1-7-21-9-6-20-14(23)13(21)10-22/h2-5,13H,1,6-10H2,(H,20,23). The van der Waals surface area contributed by atoms with Crippen molar-refractivity contribution in [1.29, 1.82) is 0 Å². The molecule has 0 radical (unpaired) electrons. The average Bonchev–Trinajstić information content (AvgIpc) is 2.77. The first kappa shape index (κ1) is 17.5. The normalized spacial score (nSPS) is 22.0. The van der Waals surface area contributed by atoms with Gasteiger partial charge in [-0.15, -0.1) is 13.2 Å². The Kier molecular flexibility index (Phi) is 4.85. The fraction of sp³-hybridized carbons (Fsp3) is 0.500. The molecule has 2 amide bonds.